The van der Waals surface area contributed by atoms with Crippen LogP contribution in [0.3, 0.4) is 0 Å². The number of carbonyl (C=O) groups excluding carboxylic acids is 1. The molecule has 0 spiro atoms. The molecule has 0 aliphatic rings. The standard InChI is InChI=1S/C8H13FO2/c1-4-11-8(10)7(9)5-6(2)3/h5,7H,4H2,1-3H3. The summed E-state index contributed by atoms with van der Waals surface area (Å²) in [7, 11) is 0. The third-order valence-corrected chi connectivity index (χ3v) is 0.991. The van der Waals surface area contributed by atoms with Gasteiger partial charge in [0, 0.05) is 0 Å². The first kappa shape index (κ1) is 10.1. The number of ether oxygens (including phenoxy) is 1. The Kier molecular flexibility index (Phi) is 4.50. The monoisotopic (exact) mass is 160 g/mol. The summed E-state index contributed by atoms with van der Waals surface area (Å²) in [6.45, 7) is 5.32. The normalized spacial score (nSPS) is 12.0. The van der Waals surface area contributed by atoms with Crippen molar-refractivity contribution in [1.29, 1.82) is 0 Å². The van der Waals surface area contributed by atoms with Gasteiger partial charge in [-0.3, -0.25) is 0 Å². The van der Waals surface area contributed by atoms with Gasteiger partial charge >= 0.3 is 5.97 Å². The number of hydrogen-bond acceptors (Lipinski definition) is 2. The Morgan fingerprint density at radius 3 is 2.55 bits per heavy atom. The van der Waals surface area contributed by atoms with E-state index in [0.29, 0.717) is 0 Å². The van der Waals surface area contributed by atoms with E-state index in [1.165, 1.54) is 6.08 Å². The highest BCUT2D eigenvalue weighted by Crippen LogP contribution is 2.01. The molecular weight excluding hydrogens is 147 g/mol. The van der Waals surface area contributed by atoms with Crippen LogP contribution < -0.4 is 0 Å². The molecule has 3 heteroatoms. The van der Waals surface area contributed by atoms with Crippen LogP contribution in [0.4, 0.5) is 4.39 Å². The molecule has 0 fully saturated rings. The Labute approximate surface area is 66.0 Å². The summed E-state index contributed by atoms with van der Waals surface area (Å²) >= 11 is 0. The summed E-state index contributed by atoms with van der Waals surface area (Å²) in [5.41, 5.74) is 0.769. The smallest absolute Gasteiger partial charge is 0.344 e. The van der Waals surface area contributed by atoms with Gasteiger partial charge in [0.05, 0.1) is 6.61 Å². The third kappa shape index (κ3) is 4.53. The molecule has 0 bridgehead atoms. The topological polar surface area (TPSA) is 26.3 Å². The zero-order chi connectivity index (χ0) is 8.85. The molecule has 0 saturated heterocycles. The first-order valence-corrected chi connectivity index (χ1v) is 3.53. The lowest BCUT2D eigenvalue weighted by Gasteiger charge is -2.02. The lowest BCUT2D eigenvalue weighted by atomic mass is 10.2. The highest BCUT2D eigenvalue weighted by atomic mass is 19.1. The first-order chi connectivity index (χ1) is 5.07. The van der Waals surface area contributed by atoms with Gasteiger partial charge in [-0.2, -0.15) is 0 Å². The van der Waals surface area contributed by atoms with Gasteiger partial charge in [0.2, 0.25) is 6.17 Å². The molecule has 0 N–H and O–H groups in total. The third-order valence-electron chi connectivity index (χ3n) is 0.991. The molecule has 2 nitrogen and oxygen atoms in total. The summed E-state index contributed by atoms with van der Waals surface area (Å²) in [4.78, 5) is 10.6. The van der Waals surface area contributed by atoms with Gasteiger partial charge in [0.15, 0.2) is 0 Å². The van der Waals surface area contributed by atoms with Crippen LogP contribution in [0.15, 0.2) is 11.6 Å². The summed E-state index contributed by atoms with van der Waals surface area (Å²) in [5, 5.41) is 0. The van der Waals surface area contributed by atoms with Crippen LogP contribution in [-0.2, 0) is 9.53 Å². The van der Waals surface area contributed by atoms with Gasteiger partial charge in [0.1, 0.15) is 0 Å². The maximum atomic E-state index is 12.7. The van der Waals surface area contributed by atoms with Crippen LogP contribution in [0, 0.1) is 0 Å². The molecule has 0 aromatic carbocycles. The van der Waals surface area contributed by atoms with E-state index in [9.17, 15) is 9.18 Å². The summed E-state index contributed by atoms with van der Waals surface area (Å²) < 4.78 is 17.1. The van der Waals surface area contributed by atoms with E-state index in [1.807, 2.05) is 0 Å². The lowest BCUT2D eigenvalue weighted by Crippen LogP contribution is -2.16. The molecule has 1 unspecified atom stereocenters. The van der Waals surface area contributed by atoms with Crippen molar-refractivity contribution in [3.05, 3.63) is 11.6 Å². The number of hydrogen-bond donors (Lipinski definition) is 0. The van der Waals surface area contributed by atoms with E-state index in [-0.39, 0.29) is 6.61 Å². The minimum Gasteiger partial charge on any atom is -0.464 e. The zero-order valence-electron chi connectivity index (χ0n) is 7.06. The lowest BCUT2D eigenvalue weighted by molar-refractivity contribution is -0.147. The number of carbonyl (C=O) groups is 1. The van der Waals surface area contributed by atoms with Crippen LogP contribution in [0.25, 0.3) is 0 Å². The number of alkyl halides is 1. The molecule has 11 heavy (non-hydrogen) atoms. The molecule has 0 amide bonds. The number of rotatable bonds is 3. The molecule has 1 atom stereocenters. The Morgan fingerprint density at radius 2 is 2.18 bits per heavy atom. The summed E-state index contributed by atoms with van der Waals surface area (Å²) in [6, 6.07) is 0. The van der Waals surface area contributed by atoms with Crippen LogP contribution in [0.5, 0.6) is 0 Å². The van der Waals surface area contributed by atoms with E-state index < -0.39 is 12.1 Å². The second kappa shape index (κ2) is 4.88. The van der Waals surface area contributed by atoms with Gasteiger partial charge in [-0.15, -0.1) is 0 Å². The van der Waals surface area contributed by atoms with Crippen LogP contribution in [0.2, 0.25) is 0 Å². The first-order valence-electron chi connectivity index (χ1n) is 3.53. The average molecular weight is 160 g/mol. The highest BCUT2D eigenvalue weighted by Gasteiger charge is 2.14. The van der Waals surface area contributed by atoms with Crippen molar-refractivity contribution in [3.8, 4) is 0 Å². The van der Waals surface area contributed by atoms with Crippen LogP contribution in [0.1, 0.15) is 20.8 Å². The molecule has 0 rings (SSSR count). The second-order valence-corrected chi connectivity index (χ2v) is 2.40. The van der Waals surface area contributed by atoms with Gasteiger partial charge in [-0.05, 0) is 26.8 Å². The number of allylic oxidation sites excluding steroid dienone is 1. The van der Waals surface area contributed by atoms with Gasteiger partial charge < -0.3 is 4.74 Å². The number of esters is 1. The minimum absolute atomic E-state index is 0.218. The Morgan fingerprint density at radius 1 is 1.64 bits per heavy atom. The molecule has 64 valence electrons. The molecule has 0 saturated carbocycles. The fourth-order valence-corrected chi connectivity index (χ4v) is 0.583. The fraction of sp³-hybridized carbons (Fsp3) is 0.625. The zero-order valence-corrected chi connectivity index (χ0v) is 7.06. The van der Waals surface area contributed by atoms with Crippen molar-refractivity contribution in [1.82, 2.24) is 0 Å². The Bertz CT molecular complexity index is 159. The molecule has 0 aliphatic heterocycles. The fourth-order valence-electron chi connectivity index (χ4n) is 0.583. The van der Waals surface area contributed by atoms with E-state index in [1.54, 1.807) is 20.8 Å². The predicted molar refractivity (Wildman–Crippen MR) is 41.0 cm³/mol. The summed E-state index contributed by atoms with van der Waals surface area (Å²) in [6.07, 6.45) is -0.377. The molecule has 0 radical (unpaired) electrons. The molecule has 0 aromatic rings. The van der Waals surface area contributed by atoms with Crippen molar-refractivity contribution < 1.29 is 13.9 Å². The minimum atomic E-state index is -1.61. The molecular formula is C8H13FO2. The summed E-state index contributed by atoms with van der Waals surface area (Å²) in [5.74, 6) is -0.811. The van der Waals surface area contributed by atoms with E-state index in [2.05, 4.69) is 4.74 Å². The van der Waals surface area contributed by atoms with Crippen molar-refractivity contribution in [2.24, 2.45) is 0 Å². The average Bonchev–Trinajstić information content (AvgIpc) is 1.86. The maximum Gasteiger partial charge on any atom is 0.344 e. The van der Waals surface area contributed by atoms with Crippen molar-refractivity contribution in [2.75, 3.05) is 6.61 Å². The SMILES string of the molecule is CCOC(=O)C(F)C=C(C)C. The van der Waals surface area contributed by atoms with Crippen molar-refractivity contribution >= 4 is 5.97 Å². The Hall–Kier alpha value is -0.860. The molecule has 0 aromatic heterocycles. The highest BCUT2D eigenvalue weighted by molar-refractivity contribution is 5.76. The van der Waals surface area contributed by atoms with Crippen LogP contribution in [-0.4, -0.2) is 18.7 Å². The van der Waals surface area contributed by atoms with Crippen LogP contribution >= 0.6 is 0 Å². The largest absolute Gasteiger partial charge is 0.464 e. The van der Waals surface area contributed by atoms with E-state index in [0.717, 1.165) is 5.57 Å². The van der Waals surface area contributed by atoms with Gasteiger partial charge in [-0.25, -0.2) is 9.18 Å². The quantitative estimate of drug-likeness (QED) is 0.465. The van der Waals surface area contributed by atoms with Crippen molar-refractivity contribution in [3.63, 3.8) is 0 Å². The van der Waals surface area contributed by atoms with E-state index >= 15 is 0 Å². The number of halogens is 1. The molecule has 0 aliphatic carbocycles. The second-order valence-electron chi connectivity index (χ2n) is 2.40. The molecule has 0 heterocycles. The predicted octanol–water partition coefficient (Wildman–Crippen LogP) is 1.85. The van der Waals surface area contributed by atoms with Gasteiger partial charge in [-0.1, -0.05) is 5.57 Å². The Balaban J connectivity index is 3.93. The van der Waals surface area contributed by atoms with E-state index in [4.69, 9.17) is 0 Å². The van der Waals surface area contributed by atoms with Gasteiger partial charge in [0.25, 0.3) is 0 Å². The van der Waals surface area contributed by atoms with Crippen molar-refractivity contribution in [2.45, 2.75) is 26.9 Å². The maximum absolute atomic E-state index is 12.7.